The maximum absolute atomic E-state index is 11.6. The van der Waals surface area contributed by atoms with Crippen LogP contribution in [-0.4, -0.2) is 49.7 Å². The highest BCUT2D eigenvalue weighted by Gasteiger charge is 2.28. The lowest BCUT2D eigenvalue weighted by molar-refractivity contribution is -0.143. The Morgan fingerprint density at radius 3 is 2.59 bits per heavy atom. The molecule has 1 aliphatic rings. The molecule has 1 aliphatic carbocycles. The highest BCUT2D eigenvalue weighted by atomic mass is 16.5. The highest BCUT2D eigenvalue weighted by molar-refractivity contribution is 5.75. The molecule has 1 unspecified atom stereocenters. The fourth-order valence-corrected chi connectivity index (χ4v) is 2.00. The minimum Gasteiger partial charge on any atom is -0.468 e. The number of carbonyl (C=O) groups is 1. The summed E-state index contributed by atoms with van der Waals surface area (Å²) in [4.78, 5) is 14.0. The summed E-state index contributed by atoms with van der Waals surface area (Å²) in [5.41, 5.74) is 0. The van der Waals surface area contributed by atoms with E-state index in [1.807, 2.05) is 0 Å². The quantitative estimate of drug-likeness (QED) is 0.621. The molecule has 1 atom stereocenters. The predicted octanol–water partition coefficient (Wildman–Crippen LogP) is 1.40. The van der Waals surface area contributed by atoms with Gasteiger partial charge in [0.1, 0.15) is 6.04 Å². The third kappa shape index (κ3) is 5.50. The zero-order chi connectivity index (χ0) is 12.7. The maximum Gasteiger partial charge on any atom is 0.322 e. The lowest BCUT2D eigenvalue weighted by atomic mass is 10.2. The van der Waals surface area contributed by atoms with Gasteiger partial charge in [-0.05, 0) is 38.8 Å². The lowest BCUT2D eigenvalue weighted by Gasteiger charge is -2.23. The van der Waals surface area contributed by atoms with Crippen LogP contribution in [0.1, 0.15) is 39.5 Å². The third-order valence-electron chi connectivity index (χ3n) is 3.22. The average Bonchev–Trinajstić information content (AvgIpc) is 3.15. The van der Waals surface area contributed by atoms with Crippen LogP contribution in [0.2, 0.25) is 0 Å². The van der Waals surface area contributed by atoms with Gasteiger partial charge in [-0.2, -0.15) is 0 Å². The summed E-state index contributed by atoms with van der Waals surface area (Å²) in [5, 5.41) is 3.36. The minimum absolute atomic E-state index is 0.121. The molecule has 0 aromatic carbocycles. The van der Waals surface area contributed by atoms with Gasteiger partial charge >= 0.3 is 5.97 Å². The Hall–Kier alpha value is -0.610. The van der Waals surface area contributed by atoms with Crippen LogP contribution in [0.15, 0.2) is 0 Å². The Kier molecular flexibility index (Phi) is 6.52. The van der Waals surface area contributed by atoms with Crippen LogP contribution in [0, 0.1) is 0 Å². The van der Waals surface area contributed by atoms with Crippen LogP contribution in [0.4, 0.5) is 0 Å². The second kappa shape index (κ2) is 7.67. The van der Waals surface area contributed by atoms with E-state index >= 15 is 0 Å². The van der Waals surface area contributed by atoms with E-state index in [4.69, 9.17) is 4.74 Å². The van der Waals surface area contributed by atoms with Crippen molar-refractivity contribution >= 4 is 5.97 Å². The molecule has 17 heavy (non-hydrogen) atoms. The van der Waals surface area contributed by atoms with E-state index < -0.39 is 0 Å². The van der Waals surface area contributed by atoms with Crippen molar-refractivity contribution in [3.63, 3.8) is 0 Å². The molecule has 0 saturated heterocycles. The molecule has 0 bridgehead atoms. The molecule has 0 amide bonds. The second-order valence-electron chi connectivity index (χ2n) is 4.74. The van der Waals surface area contributed by atoms with Crippen LogP contribution >= 0.6 is 0 Å². The number of hydrogen-bond donors (Lipinski definition) is 1. The van der Waals surface area contributed by atoms with Crippen molar-refractivity contribution in [3.05, 3.63) is 0 Å². The standard InChI is InChI=1S/C13H26N2O2/c1-4-9-15(5-2)10-8-12(13(16)17-3)14-11-6-7-11/h11-12,14H,4-10H2,1-3H3. The van der Waals surface area contributed by atoms with Gasteiger partial charge in [-0.25, -0.2) is 0 Å². The van der Waals surface area contributed by atoms with Gasteiger partial charge in [0.2, 0.25) is 0 Å². The Morgan fingerprint density at radius 2 is 2.12 bits per heavy atom. The first-order chi connectivity index (χ1) is 8.21. The summed E-state index contributed by atoms with van der Waals surface area (Å²) in [6.45, 7) is 7.46. The first kappa shape index (κ1) is 14.5. The van der Waals surface area contributed by atoms with Gasteiger partial charge in [0.05, 0.1) is 7.11 Å². The number of ether oxygens (including phenoxy) is 1. The minimum atomic E-state index is -0.126. The maximum atomic E-state index is 11.6. The topological polar surface area (TPSA) is 41.6 Å². The molecular weight excluding hydrogens is 216 g/mol. The summed E-state index contributed by atoms with van der Waals surface area (Å²) in [6, 6.07) is 0.416. The van der Waals surface area contributed by atoms with Crippen molar-refractivity contribution < 1.29 is 9.53 Å². The SMILES string of the molecule is CCCN(CC)CCC(NC1CC1)C(=O)OC. The van der Waals surface area contributed by atoms with E-state index in [2.05, 4.69) is 24.1 Å². The predicted molar refractivity (Wildman–Crippen MR) is 69.0 cm³/mol. The van der Waals surface area contributed by atoms with Crippen LogP contribution in [0.3, 0.4) is 0 Å². The fraction of sp³-hybridized carbons (Fsp3) is 0.923. The van der Waals surface area contributed by atoms with Gasteiger partial charge in [-0.3, -0.25) is 4.79 Å². The molecule has 100 valence electrons. The van der Waals surface area contributed by atoms with E-state index in [1.165, 1.54) is 20.0 Å². The largest absolute Gasteiger partial charge is 0.468 e. The molecule has 0 heterocycles. The van der Waals surface area contributed by atoms with Crippen molar-refractivity contribution in [1.29, 1.82) is 0 Å². The number of rotatable bonds is 9. The Labute approximate surface area is 105 Å². The number of methoxy groups -OCH3 is 1. The summed E-state index contributed by atoms with van der Waals surface area (Å²) < 4.78 is 4.85. The third-order valence-corrected chi connectivity index (χ3v) is 3.22. The molecule has 1 saturated carbocycles. The zero-order valence-electron chi connectivity index (χ0n) is 11.4. The molecule has 4 heteroatoms. The monoisotopic (exact) mass is 242 g/mol. The van der Waals surface area contributed by atoms with Crippen molar-refractivity contribution in [2.75, 3.05) is 26.7 Å². The normalized spacial score (nSPS) is 17.2. The number of nitrogens with zero attached hydrogens (tertiary/aromatic N) is 1. The Morgan fingerprint density at radius 1 is 1.41 bits per heavy atom. The summed E-state index contributed by atoms with van der Waals surface area (Å²) in [5.74, 6) is -0.121. The van der Waals surface area contributed by atoms with Gasteiger partial charge in [0.25, 0.3) is 0 Å². The Bertz CT molecular complexity index is 229. The van der Waals surface area contributed by atoms with Gasteiger partial charge < -0.3 is 15.0 Å². The lowest BCUT2D eigenvalue weighted by Crippen LogP contribution is -2.41. The number of nitrogens with one attached hydrogen (secondary N) is 1. The Balaban J connectivity index is 2.33. The number of hydrogen-bond acceptors (Lipinski definition) is 4. The molecular formula is C13H26N2O2. The van der Waals surface area contributed by atoms with Crippen LogP contribution in [0.25, 0.3) is 0 Å². The van der Waals surface area contributed by atoms with Crippen molar-refractivity contribution in [3.8, 4) is 0 Å². The average molecular weight is 242 g/mol. The molecule has 4 nitrogen and oxygen atoms in total. The molecule has 1 rings (SSSR count). The van der Waals surface area contributed by atoms with E-state index in [1.54, 1.807) is 0 Å². The van der Waals surface area contributed by atoms with Gasteiger partial charge in [-0.15, -0.1) is 0 Å². The van der Waals surface area contributed by atoms with Crippen molar-refractivity contribution in [2.45, 2.75) is 51.6 Å². The van der Waals surface area contributed by atoms with Crippen LogP contribution < -0.4 is 5.32 Å². The van der Waals surface area contributed by atoms with E-state index in [9.17, 15) is 4.79 Å². The van der Waals surface area contributed by atoms with E-state index in [0.29, 0.717) is 6.04 Å². The number of carbonyl (C=O) groups excluding carboxylic acids is 1. The van der Waals surface area contributed by atoms with E-state index in [0.717, 1.165) is 32.5 Å². The smallest absolute Gasteiger partial charge is 0.322 e. The second-order valence-corrected chi connectivity index (χ2v) is 4.74. The molecule has 0 spiro atoms. The van der Waals surface area contributed by atoms with Gasteiger partial charge in [0.15, 0.2) is 0 Å². The first-order valence-electron chi connectivity index (χ1n) is 6.77. The summed E-state index contributed by atoms with van der Waals surface area (Å²) in [6.07, 6.45) is 4.39. The van der Waals surface area contributed by atoms with Crippen LogP contribution in [0.5, 0.6) is 0 Å². The molecule has 1 N–H and O–H groups in total. The fourth-order valence-electron chi connectivity index (χ4n) is 2.00. The van der Waals surface area contributed by atoms with E-state index in [-0.39, 0.29) is 12.0 Å². The van der Waals surface area contributed by atoms with Gasteiger partial charge in [0, 0.05) is 12.6 Å². The zero-order valence-corrected chi connectivity index (χ0v) is 11.4. The molecule has 1 fully saturated rings. The summed E-state index contributed by atoms with van der Waals surface area (Å²) >= 11 is 0. The number of esters is 1. The molecule has 0 aromatic rings. The summed E-state index contributed by atoms with van der Waals surface area (Å²) in [7, 11) is 1.47. The van der Waals surface area contributed by atoms with Crippen molar-refractivity contribution in [2.24, 2.45) is 0 Å². The highest BCUT2D eigenvalue weighted by Crippen LogP contribution is 2.20. The first-order valence-corrected chi connectivity index (χ1v) is 6.77. The molecule has 0 aliphatic heterocycles. The molecule has 0 aromatic heterocycles. The van der Waals surface area contributed by atoms with Crippen LogP contribution in [-0.2, 0) is 9.53 Å². The van der Waals surface area contributed by atoms with Crippen molar-refractivity contribution in [1.82, 2.24) is 10.2 Å². The van der Waals surface area contributed by atoms with Gasteiger partial charge in [-0.1, -0.05) is 13.8 Å². The molecule has 0 radical (unpaired) electrons.